The van der Waals surface area contributed by atoms with Gasteiger partial charge < -0.3 is 9.52 Å². The monoisotopic (exact) mass is 232 g/mol. The van der Waals surface area contributed by atoms with E-state index >= 15 is 0 Å². The number of hydrogen-bond donors (Lipinski definition) is 1. The number of benzene rings is 1. The van der Waals surface area contributed by atoms with Crippen LogP contribution in [0.5, 0.6) is 5.75 Å². The van der Waals surface area contributed by atoms with E-state index in [-0.39, 0.29) is 17.3 Å². The first kappa shape index (κ1) is 9.42. The largest absolute Gasteiger partial charge is 0.503 e. The Morgan fingerprint density at radius 1 is 1.38 bits per heavy atom. The van der Waals surface area contributed by atoms with Gasteiger partial charge in [0.2, 0.25) is 5.76 Å². The van der Waals surface area contributed by atoms with Crippen molar-refractivity contribution in [1.29, 1.82) is 0 Å². The highest BCUT2D eigenvalue weighted by Crippen LogP contribution is 2.42. The van der Waals surface area contributed by atoms with Crippen molar-refractivity contribution in [1.82, 2.24) is 0 Å². The standard InChI is InChI=1S/C12H8O3S/c1-6(13)10-9(14)12-11(15-10)7-4-2-3-5-8(7)16-12/h2-5,14H,1H3. The third-order valence-electron chi connectivity index (χ3n) is 2.50. The molecule has 3 aromatic rings. The molecule has 4 heteroatoms. The zero-order valence-corrected chi connectivity index (χ0v) is 9.30. The SMILES string of the molecule is CC(=O)c1oc2c(sc3ccccc32)c1O. The van der Waals surface area contributed by atoms with Crippen LogP contribution in [0.15, 0.2) is 28.7 Å². The van der Waals surface area contributed by atoms with Crippen molar-refractivity contribution in [3.63, 3.8) is 0 Å². The molecule has 0 bridgehead atoms. The van der Waals surface area contributed by atoms with Gasteiger partial charge in [-0.25, -0.2) is 0 Å². The molecule has 16 heavy (non-hydrogen) atoms. The zero-order chi connectivity index (χ0) is 11.3. The van der Waals surface area contributed by atoms with Crippen molar-refractivity contribution < 1.29 is 14.3 Å². The van der Waals surface area contributed by atoms with Crippen molar-refractivity contribution in [2.45, 2.75) is 6.92 Å². The molecular weight excluding hydrogens is 224 g/mol. The normalized spacial score (nSPS) is 11.3. The van der Waals surface area contributed by atoms with Crippen molar-refractivity contribution >= 4 is 37.5 Å². The van der Waals surface area contributed by atoms with Crippen LogP contribution in [0.3, 0.4) is 0 Å². The molecule has 1 aromatic carbocycles. The fourth-order valence-electron chi connectivity index (χ4n) is 1.77. The number of Topliss-reactive ketones (excluding diaryl/α,β-unsaturated/α-hetero) is 1. The molecule has 0 aliphatic rings. The van der Waals surface area contributed by atoms with E-state index in [4.69, 9.17) is 4.42 Å². The third kappa shape index (κ3) is 1.10. The molecule has 3 nitrogen and oxygen atoms in total. The lowest BCUT2D eigenvalue weighted by Gasteiger charge is -1.90. The number of ketones is 1. The lowest BCUT2D eigenvalue weighted by molar-refractivity contribution is 0.0986. The topological polar surface area (TPSA) is 50.4 Å². The molecule has 2 heterocycles. The number of fused-ring (bicyclic) bond motifs is 3. The first-order valence-corrected chi connectivity index (χ1v) is 5.64. The Balaban J connectivity index is 2.48. The number of rotatable bonds is 1. The lowest BCUT2D eigenvalue weighted by atomic mass is 10.2. The van der Waals surface area contributed by atoms with Crippen LogP contribution in [-0.4, -0.2) is 10.9 Å². The maximum absolute atomic E-state index is 11.2. The fraction of sp³-hybridized carbons (Fsp3) is 0.0833. The summed E-state index contributed by atoms with van der Waals surface area (Å²) in [5, 5.41) is 10.8. The van der Waals surface area contributed by atoms with Gasteiger partial charge in [0.15, 0.2) is 17.1 Å². The average Bonchev–Trinajstić information content (AvgIpc) is 2.76. The van der Waals surface area contributed by atoms with Crippen molar-refractivity contribution in [3.05, 3.63) is 30.0 Å². The predicted molar refractivity (Wildman–Crippen MR) is 63.3 cm³/mol. The molecule has 0 aliphatic heterocycles. The minimum absolute atomic E-state index is 0.0382. The zero-order valence-electron chi connectivity index (χ0n) is 8.48. The smallest absolute Gasteiger partial charge is 0.213 e. The van der Waals surface area contributed by atoms with Gasteiger partial charge in [-0.3, -0.25) is 4.79 Å². The molecule has 0 radical (unpaired) electrons. The number of furan rings is 1. The van der Waals surface area contributed by atoms with Gasteiger partial charge in [-0.15, -0.1) is 11.3 Å². The van der Waals surface area contributed by atoms with E-state index in [1.807, 2.05) is 24.3 Å². The quantitative estimate of drug-likeness (QED) is 0.653. The molecule has 0 atom stereocenters. The van der Waals surface area contributed by atoms with Crippen molar-refractivity contribution in [2.24, 2.45) is 0 Å². The summed E-state index contributed by atoms with van der Waals surface area (Å²) in [5.74, 6) is -0.249. The van der Waals surface area contributed by atoms with Crippen LogP contribution in [0, 0.1) is 0 Å². The van der Waals surface area contributed by atoms with E-state index in [0.717, 1.165) is 10.1 Å². The van der Waals surface area contributed by atoms with Crippen LogP contribution < -0.4 is 0 Å². The van der Waals surface area contributed by atoms with Gasteiger partial charge >= 0.3 is 0 Å². The molecular formula is C12H8O3S. The summed E-state index contributed by atoms with van der Waals surface area (Å²) in [4.78, 5) is 11.2. The van der Waals surface area contributed by atoms with Gasteiger partial charge in [0, 0.05) is 17.0 Å². The Morgan fingerprint density at radius 3 is 2.88 bits per heavy atom. The predicted octanol–water partition coefficient (Wildman–Crippen LogP) is 3.56. The van der Waals surface area contributed by atoms with Gasteiger partial charge in [-0.1, -0.05) is 12.1 Å². The Kier molecular flexibility index (Phi) is 1.82. The molecule has 0 unspecified atom stereocenters. The van der Waals surface area contributed by atoms with Crippen LogP contribution in [0.4, 0.5) is 0 Å². The van der Waals surface area contributed by atoms with Crippen LogP contribution in [0.1, 0.15) is 17.5 Å². The minimum atomic E-state index is -0.259. The first-order chi connectivity index (χ1) is 7.68. The van der Waals surface area contributed by atoms with Gasteiger partial charge in [0.25, 0.3) is 0 Å². The van der Waals surface area contributed by atoms with Crippen LogP contribution in [-0.2, 0) is 0 Å². The lowest BCUT2D eigenvalue weighted by Crippen LogP contribution is -1.87. The second-order valence-electron chi connectivity index (χ2n) is 3.59. The van der Waals surface area contributed by atoms with E-state index in [1.54, 1.807) is 0 Å². The van der Waals surface area contributed by atoms with Crippen LogP contribution in [0.2, 0.25) is 0 Å². The maximum Gasteiger partial charge on any atom is 0.213 e. The van der Waals surface area contributed by atoms with E-state index in [1.165, 1.54) is 18.3 Å². The number of aromatic hydroxyl groups is 1. The van der Waals surface area contributed by atoms with Crippen molar-refractivity contribution in [3.8, 4) is 5.75 Å². The summed E-state index contributed by atoms with van der Waals surface area (Å²) < 4.78 is 7.11. The Morgan fingerprint density at radius 2 is 2.12 bits per heavy atom. The molecule has 0 aliphatic carbocycles. The van der Waals surface area contributed by atoms with Gasteiger partial charge in [0.05, 0.1) is 0 Å². The number of carbonyl (C=O) groups is 1. The number of hydrogen-bond acceptors (Lipinski definition) is 4. The molecule has 0 fully saturated rings. The van der Waals surface area contributed by atoms with Crippen LogP contribution in [0.25, 0.3) is 20.4 Å². The second-order valence-corrected chi connectivity index (χ2v) is 4.64. The summed E-state index contributed by atoms with van der Waals surface area (Å²) in [7, 11) is 0. The second kappa shape index (κ2) is 3.09. The van der Waals surface area contributed by atoms with E-state index in [0.29, 0.717) is 10.3 Å². The highest BCUT2D eigenvalue weighted by atomic mass is 32.1. The van der Waals surface area contributed by atoms with E-state index < -0.39 is 0 Å². The van der Waals surface area contributed by atoms with Crippen LogP contribution >= 0.6 is 11.3 Å². The molecule has 80 valence electrons. The third-order valence-corrected chi connectivity index (χ3v) is 3.66. The van der Waals surface area contributed by atoms with E-state index in [2.05, 4.69) is 0 Å². The fourth-order valence-corrected chi connectivity index (χ4v) is 2.84. The van der Waals surface area contributed by atoms with Crippen molar-refractivity contribution in [2.75, 3.05) is 0 Å². The molecule has 0 amide bonds. The number of carbonyl (C=O) groups excluding carboxylic acids is 1. The first-order valence-electron chi connectivity index (χ1n) is 4.82. The number of thiophene rings is 1. The molecule has 3 rings (SSSR count). The summed E-state index contributed by atoms with van der Waals surface area (Å²) in [6.07, 6.45) is 0. The molecule has 0 saturated carbocycles. The summed E-state index contributed by atoms with van der Waals surface area (Å²) in [6, 6.07) is 7.71. The van der Waals surface area contributed by atoms with Gasteiger partial charge in [0.1, 0.15) is 4.70 Å². The highest BCUT2D eigenvalue weighted by Gasteiger charge is 2.20. The summed E-state index contributed by atoms with van der Waals surface area (Å²) in [5.41, 5.74) is 0.600. The Labute approximate surface area is 94.9 Å². The van der Waals surface area contributed by atoms with E-state index in [9.17, 15) is 9.90 Å². The average molecular weight is 232 g/mol. The van der Waals surface area contributed by atoms with Gasteiger partial charge in [-0.2, -0.15) is 0 Å². The molecule has 2 aromatic heterocycles. The Hall–Kier alpha value is -1.81. The van der Waals surface area contributed by atoms with Gasteiger partial charge in [-0.05, 0) is 12.1 Å². The minimum Gasteiger partial charge on any atom is -0.503 e. The summed E-state index contributed by atoms with van der Waals surface area (Å²) >= 11 is 1.43. The molecule has 1 N–H and O–H groups in total. The Bertz CT molecular complexity index is 706. The summed E-state index contributed by atoms with van der Waals surface area (Å²) in [6.45, 7) is 1.38. The molecule has 0 spiro atoms. The molecule has 0 saturated heterocycles. The highest BCUT2D eigenvalue weighted by molar-refractivity contribution is 7.26. The maximum atomic E-state index is 11.2.